The molecule has 1 N–H and O–H groups in total. The van der Waals surface area contributed by atoms with Gasteiger partial charge in [-0.05, 0) is 55.8 Å². The van der Waals surface area contributed by atoms with E-state index in [1.54, 1.807) is 0 Å². The lowest BCUT2D eigenvalue weighted by atomic mass is 9.93. The van der Waals surface area contributed by atoms with Crippen molar-refractivity contribution in [1.82, 2.24) is 5.32 Å². The molecule has 126 valence electrons. The van der Waals surface area contributed by atoms with Gasteiger partial charge in [-0.3, -0.25) is 0 Å². The maximum atomic E-state index is 3.78. The summed E-state index contributed by atoms with van der Waals surface area (Å²) in [6, 6.07) is 22.5. The molecule has 2 atom stereocenters. The van der Waals surface area contributed by atoms with E-state index in [1.807, 2.05) is 0 Å². The van der Waals surface area contributed by atoms with E-state index < -0.39 is 0 Å². The lowest BCUT2D eigenvalue weighted by Crippen LogP contribution is -2.34. The van der Waals surface area contributed by atoms with Gasteiger partial charge in [0.15, 0.2) is 0 Å². The van der Waals surface area contributed by atoms with Gasteiger partial charge in [0.1, 0.15) is 0 Å². The lowest BCUT2D eigenvalue weighted by Gasteiger charge is -2.33. The van der Waals surface area contributed by atoms with Crippen LogP contribution in [0.2, 0.25) is 0 Å². The van der Waals surface area contributed by atoms with Gasteiger partial charge in [-0.25, -0.2) is 0 Å². The highest BCUT2D eigenvalue weighted by Crippen LogP contribution is 2.40. The van der Waals surface area contributed by atoms with Gasteiger partial charge in [-0.1, -0.05) is 48.5 Å². The largest absolute Gasteiger partial charge is 0.372 e. The SMILES string of the molecule is c1ccc([C@@H]2C[C@H]2NCCC2CCN(c3ccccc3)CC2)cc1. The Morgan fingerprint density at radius 2 is 1.54 bits per heavy atom. The van der Waals surface area contributed by atoms with Gasteiger partial charge >= 0.3 is 0 Å². The Kier molecular flexibility index (Phi) is 4.84. The fourth-order valence-electron chi connectivity index (χ4n) is 4.08. The van der Waals surface area contributed by atoms with Crippen molar-refractivity contribution in [3.8, 4) is 0 Å². The Balaban J connectivity index is 1.15. The molecule has 0 amide bonds. The normalized spacial score (nSPS) is 24.1. The molecule has 2 aromatic carbocycles. The molecule has 4 rings (SSSR count). The zero-order chi connectivity index (χ0) is 16.2. The highest BCUT2D eigenvalue weighted by molar-refractivity contribution is 5.46. The van der Waals surface area contributed by atoms with E-state index in [0.717, 1.165) is 17.9 Å². The topological polar surface area (TPSA) is 15.3 Å². The predicted octanol–water partition coefficient (Wildman–Crippen LogP) is 4.44. The second-order valence-corrected chi connectivity index (χ2v) is 7.37. The lowest BCUT2D eigenvalue weighted by molar-refractivity contribution is 0.373. The van der Waals surface area contributed by atoms with Crippen LogP contribution >= 0.6 is 0 Å². The second-order valence-electron chi connectivity index (χ2n) is 7.37. The summed E-state index contributed by atoms with van der Waals surface area (Å²) >= 11 is 0. The minimum atomic E-state index is 0.719. The van der Waals surface area contributed by atoms with E-state index in [1.165, 1.54) is 56.6 Å². The summed E-state index contributed by atoms with van der Waals surface area (Å²) < 4.78 is 0. The quantitative estimate of drug-likeness (QED) is 0.846. The minimum absolute atomic E-state index is 0.719. The third kappa shape index (κ3) is 3.81. The average Bonchev–Trinajstić information content (AvgIpc) is 3.43. The Bertz CT molecular complexity index is 617. The van der Waals surface area contributed by atoms with Gasteiger partial charge in [0.05, 0.1) is 0 Å². The molecule has 2 aromatic rings. The van der Waals surface area contributed by atoms with Crippen molar-refractivity contribution in [2.45, 2.75) is 37.6 Å². The molecule has 1 aliphatic heterocycles. The zero-order valence-electron chi connectivity index (χ0n) is 14.4. The molecule has 24 heavy (non-hydrogen) atoms. The number of piperidine rings is 1. The van der Waals surface area contributed by atoms with Crippen LogP contribution < -0.4 is 10.2 Å². The average molecular weight is 320 g/mol. The van der Waals surface area contributed by atoms with Crippen molar-refractivity contribution < 1.29 is 0 Å². The fourth-order valence-corrected chi connectivity index (χ4v) is 4.08. The smallest absolute Gasteiger partial charge is 0.0366 e. The van der Waals surface area contributed by atoms with E-state index in [0.29, 0.717) is 0 Å². The number of hydrogen-bond acceptors (Lipinski definition) is 2. The first-order chi connectivity index (χ1) is 11.9. The van der Waals surface area contributed by atoms with Crippen LogP contribution in [-0.2, 0) is 0 Å². The molecule has 1 aliphatic carbocycles. The van der Waals surface area contributed by atoms with Crippen molar-refractivity contribution in [2.75, 3.05) is 24.5 Å². The first-order valence-corrected chi connectivity index (χ1v) is 9.48. The highest BCUT2D eigenvalue weighted by atomic mass is 15.1. The van der Waals surface area contributed by atoms with Gasteiger partial charge in [-0.2, -0.15) is 0 Å². The predicted molar refractivity (Wildman–Crippen MR) is 102 cm³/mol. The Morgan fingerprint density at radius 1 is 0.875 bits per heavy atom. The second kappa shape index (κ2) is 7.40. The van der Waals surface area contributed by atoms with Crippen molar-refractivity contribution in [3.05, 3.63) is 66.2 Å². The third-order valence-electron chi connectivity index (χ3n) is 5.71. The highest BCUT2D eigenvalue weighted by Gasteiger charge is 2.37. The first kappa shape index (κ1) is 15.7. The van der Waals surface area contributed by atoms with Crippen LogP contribution in [0, 0.1) is 5.92 Å². The van der Waals surface area contributed by atoms with Crippen LogP contribution in [0.4, 0.5) is 5.69 Å². The van der Waals surface area contributed by atoms with Crippen LogP contribution in [0.15, 0.2) is 60.7 Å². The molecule has 1 heterocycles. The molecule has 2 nitrogen and oxygen atoms in total. The molecule has 0 bridgehead atoms. The first-order valence-electron chi connectivity index (χ1n) is 9.48. The Labute approximate surface area is 145 Å². The maximum absolute atomic E-state index is 3.78. The summed E-state index contributed by atoms with van der Waals surface area (Å²) in [7, 11) is 0. The molecule has 0 aromatic heterocycles. The Hall–Kier alpha value is -1.80. The summed E-state index contributed by atoms with van der Waals surface area (Å²) in [6.45, 7) is 3.61. The van der Waals surface area contributed by atoms with Crippen molar-refractivity contribution >= 4 is 5.69 Å². The molecule has 2 fully saturated rings. The van der Waals surface area contributed by atoms with E-state index >= 15 is 0 Å². The van der Waals surface area contributed by atoms with E-state index in [-0.39, 0.29) is 0 Å². The van der Waals surface area contributed by atoms with Crippen LogP contribution in [0.25, 0.3) is 0 Å². The molecular weight excluding hydrogens is 292 g/mol. The van der Waals surface area contributed by atoms with Gasteiger partial charge in [0.25, 0.3) is 0 Å². The summed E-state index contributed by atoms with van der Waals surface area (Å²) in [5, 5.41) is 3.78. The molecule has 1 saturated carbocycles. The summed E-state index contributed by atoms with van der Waals surface area (Å²) in [5.41, 5.74) is 2.89. The number of nitrogens with zero attached hydrogens (tertiary/aromatic N) is 1. The third-order valence-corrected chi connectivity index (χ3v) is 5.71. The van der Waals surface area contributed by atoms with Crippen molar-refractivity contribution in [3.63, 3.8) is 0 Å². The van der Waals surface area contributed by atoms with E-state index in [2.05, 4.69) is 70.9 Å². The zero-order valence-corrected chi connectivity index (χ0v) is 14.4. The summed E-state index contributed by atoms with van der Waals surface area (Å²) in [5.74, 6) is 1.65. The van der Waals surface area contributed by atoms with Crippen molar-refractivity contribution in [2.24, 2.45) is 5.92 Å². The minimum Gasteiger partial charge on any atom is -0.372 e. The standard InChI is InChI=1S/C22H28N2/c1-3-7-19(8-4-1)21-17-22(21)23-14-11-18-12-15-24(16-13-18)20-9-5-2-6-10-20/h1-10,18,21-23H,11-17H2/t21-,22+/m0/s1. The molecule has 2 aliphatic rings. The molecule has 1 saturated heterocycles. The van der Waals surface area contributed by atoms with Gasteiger partial charge in [-0.15, -0.1) is 0 Å². The van der Waals surface area contributed by atoms with Crippen LogP contribution in [0.5, 0.6) is 0 Å². The van der Waals surface area contributed by atoms with Gasteiger partial charge < -0.3 is 10.2 Å². The fraction of sp³-hybridized carbons (Fsp3) is 0.455. The number of para-hydroxylation sites is 1. The van der Waals surface area contributed by atoms with Crippen molar-refractivity contribution in [1.29, 1.82) is 0 Å². The maximum Gasteiger partial charge on any atom is 0.0366 e. The number of rotatable bonds is 6. The van der Waals surface area contributed by atoms with Crippen LogP contribution in [0.1, 0.15) is 37.2 Å². The molecule has 2 heteroatoms. The van der Waals surface area contributed by atoms with Crippen LogP contribution in [0.3, 0.4) is 0 Å². The number of benzene rings is 2. The summed E-state index contributed by atoms with van der Waals surface area (Å²) in [4.78, 5) is 2.54. The van der Waals surface area contributed by atoms with Gasteiger partial charge in [0.2, 0.25) is 0 Å². The van der Waals surface area contributed by atoms with E-state index in [9.17, 15) is 0 Å². The van der Waals surface area contributed by atoms with E-state index in [4.69, 9.17) is 0 Å². The Morgan fingerprint density at radius 3 is 2.25 bits per heavy atom. The van der Waals surface area contributed by atoms with Crippen LogP contribution in [-0.4, -0.2) is 25.7 Å². The number of nitrogens with one attached hydrogen (secondary N) is 1. The molecule has 0 radical (unpaired) electrons. The number of hydrogen-bond donors (Lipinski definition) is 1. The monoisotopic (exact) mass is 320 g/mol. The molecule has 0 spiro atoms. The number of anilines is 1. The van der Waals surface area contributed by atoms with Gasteiger partial charge in [0, 0.05) is 30.7 Å². The molecular formula is C22H28N2. The molecule has 0 unspecified atom stereocenters. The summed E-state index contributed by atoms with van der Waals surface area (Å²) in [6.07, 6.45) is 5.32.